The zero-order valence-electron chi connectivity index (χ0n) is 12.0. The molecule has 0 amide bonds. The van der Waals surface area contributed by atoms with Gasteiger partial charge in [-0.3, -0.25) is 0 Å². The van der Waals surface area contributed by atoms with Crippen LogP contribution in [0.1, 0.15) is 30.9 Å². The molecule has 1 aromatic carbocycles. The minimum Gasteiger partial charge on any atom is -0.376 e. The molecule has 1 unspecified atom stereocenters. The van der Waals surface area contributed by atoms with E-state index in [9.17, 15) is 0 Å². The maximum Gasteiger partial charge on any atom is 0.0712 e. The van der Waals surface area contributed by atoms with E-state index in [4.69, 9.17) is 4.74 Å². The lowest BCUT2D eigenvalue weighted by molar-refractivity contribution is 0.0238. The Kier molecular flexibility index (Phi) is 6.34. The summed E-state index contributed by atoms with van der Waals surface area (Å²) in [4.78, 5) is 0. The quantitative estimate of drug-likeness (QED) is 0.738. The van der Waals surface area contributed by atoms with Crippen molar-refractivity contribution in [1.29, 1.82) is 0 Å². The zero-order valence-corrected chi connectivity index (χ0v) is 12.0. The maximum absolute atomic E-state index is 5.67. The van der Waals surface area contributed by atoms with E-state index in [1.54, 1.807) is 0 Å². The Labute approximate surface area is 116 Å². The van der Waals surface area contributed by atoms with E-state index >= 15 is 0 Å². The number of nitrogens with one attached hydrogen (secondary N) is 2. The number of hydrogen-bond donors (Lipinski definition) is 2. The first-order valence-corrected chi connectivity index (χ1v) is 7.49. The number of hydrogen-bond acceptors (Lipinski definition) is 3. The molecule has 3 heteroatoms. The van der Waals surface area contributed by atoms with E-state index in [1.807, 2.05) is 0 Å². The van der Waals surface area contributed by atoms with Crippen molar-refractivity contribution in [2.24, 2.45) is 0 Å². The topological polar surface area (TPSA) is 33.3 Å². The SMILES string of the molecule is CCCc1ccc(CNCCC2CNCCO2)cc1. The molecule has 1 saturated heterocycles. The number of morpholine rings is 1. The summed E-state index contributed by atoms with van der Waals surface area (Å²) in [6.45, 7) is 7.03. The molecule has 2 N–H and O–H groups in total. The van der Waals surface area contributed by atoms with Crippen molar-refractivity contribution in [1.82, 2.24) is 10.6 Å². The largest absolute Gasteiger partial charge is 0.376 e. The van der Waals surface area contributed by atoms with Gasteiger partial charge in [0.05, 0.1) is 12.7 Å². The summed E-state index contributed by atoms with van der Waals surface area (Å²) in [5, 5.41) is 6.85. The summed E-state index contributed by atoms with van der Waals surface area (Å²) >= 11 is 0. The highest BCUT2D eigenvalue weighted by Crippen LogP contribution is 2.07. The van der Waals surface area contributed by atoms with Crippen molar-refractivity contribution in [3.05, 3.63) is 35.4 Å². The van der Waals surface area contributed by atoms with Crippen molar-refractivity contribution < 1.29 is 4.74 Å². The van der Waals surface area contributed by atoms with E-state index in [1.165, 1.54) is 24.0 Å². The van der Waals surface area contributed by atoms with Gasteiger partial charge in [-0.2, -0.15) is 0 Å². The molecular formula is C16H26N2O. The van der Waals surface area contributed by atoms with Crippen LogP contribution in [0.3, 0.4) is 0 Å². The Morgan fingerprint density at radius 3 is 2.74 bits per heavy atom. The first-order valence-electron chi connectivity index (χ1n) is 7.49. The lowest BCUT2D eigenvalue weighted by Gasteiger charge is -2.23. The minimum atomic E-state index is 0.383. The van der Waals surface area contributed by atoms with Gasteiger partial charge in [-0.05, 0) is 30.5 Å². The third-order valence-electron chi connectivity index (χ3n) is 3.54. The lowest BCUT2D eigenvalue weighted by atomic mass is 10.1. The van der Waals surface area contributed by atoms with Crippen molar-refractivity contribution in [3.8, 4) is 0 Å². The predicted octanol–water partition coefficient (Wildman–Crippen LogP) is 2.11. The summed E-state index contributed by atoms with van der Waals surface area (Å²) in [6, 6.07) is 8.96. The van der Waals surface area contributed by atoms with Gasteiger partial charge < -0.3 is 15.4 Å². The summed E-state index contributed by atoms with van der Waals surface area (Å²) in [6.07, 6.45) is 3.86. The van der Waals surface area contributed by atoms with Crippen molar-refractivity contribution in [2.45, 2.75) is 38.8 Å². The van der Waals surface area contributed by atoms with E-state index in [0.717, 1.165) is 39.2 Å². The van der Waals surface area contributed by atoms with E-state index in [0.29, 0.717) is 6.10 Å². The molecule has 1 aliphatic heterocycles. The minimum absolute atomic E-state index is 0.383. The van der Waals surface area contributed by atoms with E-state index in [2.05, 4.69) is 41.8 Å². The van der Waals surface area contributed by atoms with E-state index < -0.39 is 0 Å². The van der Waals surface area contributed by atoms with E-state index in [-0.39, 0.29) is 0 Å². The van der Waals surface area contributed by atoms with Crippen molar-refractivity contribution >= 4 is 0 Å². The van der Waals surface area contributed by atoms with Crippen LogP contribution in [0.2, 0.25) is 0 Å². The second-order valence-corrected chi connectivity index (χ2v) is 5.23. The maximum atomic E-state index is 5.67. The third-order valence-corrected chi connectivity index (χ3v) is 3.54. The van der Waals surface area contributed by atoms with Gasteiger partial charge in [-0.25, -0.2) is 0 Å². The van der Waals surface area contributed by atoms with Gasteiger partial charge in [-0.1, -0.05) is 37.6 Å². The average molecular weight is 262 g/mol. The Morgan fingerprint density at radius 2 is 2.05 bits per heavy atom. The molecule has 0 aromatic heterocycles. The Hall–Kier alpha value is -0.900. The van der Waals surface area contributed by atoms with Crippen LogP contribution in [-0.4, -0.2) is 32.3 Å². The molecule has 3 nitrogen and oxygen atoms in total. The summed E-state index contributed by atoms with van der Waals surface area (Å²) in [5.41, 5.74) is 2.80. The van der Waals surface area contributed by atoms with Gasteiger partial charge in [0.15, 0.2) is 0 Å². The van der Waals surface area contributed by atoms with Gasteiger partial charge in [-0.15, -0.1) is 0 Å². The fourth-order valence-corrected chi connectivity index (χ4v) is 2.41. The highest BCUT2D eigenvalue weighted by Gasteiger charge is 2.11. The number of ether oxygens (including phenoxy) is 1. The molecular weight excluding hydrogens is 236 g/mol. The third kappa shape index (κ3) is 5.31. The van der Waals surface area contributed by atoms with Crippen LogP contribution in [0.25, 0.3) is 0 Å². The first kappa shape index (κ1) is 14.5. The lowest BCUT2D eigenvalue weighted by Crippen LogP contribution is -2.39. The highest BCUT2D eigenvalue weighted by atomic mass is 16.5. The van der Waals surface area contributed by atoms with Gasteiger partial charge in [0.2, 0.25) is 0 Å². The average Bonchev–Trinajstić information content (AvgIpc) is 2.47. The molecule has 1 aliphatic rings. The van der Waals surface area contributed by atoms with Gasteiger partial charge in [0.1, 0.15) is 0 Å². The van der Waals surface area contributed by atoms with Gasteiger partial charge >= 0.3 is 0 Å². The number of aryl methyl sites for hydroxylation is 1. The van der Waals surface area contributed by atoms with Crippen LogP contribution in [0.5, 0.6) is 0 Å². The van der Waals surface area contributed by atoms with Crippen LogP contribution in [0.4, 0.5) is 0 Å². The fraction of sp³-hybridized carbons (Fsp3) is 0.625. The zero-order chi connectivity index (χ0) is 13.3. The van der Waals surface area contributed by atoms with Crippen LogP contribution in [0, 0.1) is 0 Å². The summed E-state index contributed by atoms with van der Waals surface area (Å²) in [5.74, 6) is 0. The Morgan fingerprint density at radius 1 is 1.26 bits per heavy atom. The van der Waals surface area contributed by atoms with Crippen LogP contribution < -0.4 is 10.6 Å². The summed E-state index contributed by atoms with van der Waals surface area (Å²) in [7, 11) is 0. The molecule has 2 rings (SSSR count). The molecule has 1 fully saturated rings. The molecule has 1 aromatic rings. The number of rotatable bonds is 7. The van der Waals surface area contributed by atoms with Crippen molar-refractivity contribution in [3.63, 3.8) is 0 Å². The predicted molar refractivity (Wildman–Crippen MR) is 79.4 cm³/mol. The normalized spacial score (nSPS) is 19.5. The van der Waals surface area contributed by atoms with Gasteiger partial charge in [0, 0.05) is 19.6 Å². The Bertz CT molecular complexity index is 344. The van der Waals surface area contributed by atoms with Gasteiger partial charge in [0.25, 0.3) is 0 Å². The van der Waals surface area contributed by atoms with Crippen LogP contribution in [-0.2, 0) is 17.7 Å². The standard InChI is InChI=1S/C16H26N2O/c1-2-3-14-4-6-15(7-5-14)12-17-9-8-16-13-18-10-11-19-16/h4-7,16-18H,2-3,8-13H2,1H3. The fourth-order valence-electron chi connectivity index (χ4n) is 2.41. The monoisotopic (exact) mass is 262 g/mol. The Balaban J connectivity index is 1.62. The van der Waals surface area contributed by atoms with Crippen LogP contribution in [0.15, 0.2) is 24.3 Å². The number of benzene rings is 1. The molecule has 19 heavy (non-hydrogen) atoms. The first-order chi connectivity index (χ1) is 9.38. The smallest absolute Gasteiger partial charge is 0.0712 e. The van der Waals surface area contributed by atoms with Crippen molar-refractivity contribution in [2.75, 3.05) is 26.2 Å². The molecule has 0 radical (unpaired) electrons. The second-order valence-electron chi connectivity index (χ2n) is 5.23. The molecule has 0 spiro atoms. The molecule has 0 saturated carbocycles. The molecule has 106 valence electrons. The second kappa shape index (κ2) is 8.31. The molecule has 0 aliphatic carbocycles. The molecule has 1 heterocycles. The molecule has 1 atom stereocenters. The molecule has 0 bridgehead atoms. The highest BCUT2D eigenvalue weighted by molar-refractivity contribution is 5.22. The summed E-state index contributed by atoms with van der Waals surface area (Å²) < 4.78 is 5.67. The van der Waals surface area contributed by atoms with Crippen LogP contribution >= 0.6 is 0 Å².